The van der Waals surface area contributed by atoms with E-state index in [1.165, 1.54) is 4.88 Å². The van der Waals surface area contributed by atoms with Crippen molar-refractivity contribution in [1.82, 2.24) is 4.98 Å². The Hall–Kier alpha value is -0.590. The van der Waals surface area contributed by atoms with Gasteiger partial charge in [-0.15, -0.1) is 11.3 Å². The molecule has 0 aliphatic heterocycles. The van der Waals surface area contributed by atoms with E-state index in [4.69, 9.17) is 4.74 Å². The van der Waals surface area contributed by atoms with E-state index in [2.05, 4.69) is 42.2 Å². The molecule has 0 amide bonds. The minimum absolute atomic E-state index is 0.819. The molecule has 1 aromatic heterocycles. The zero-order chi connectivity index (χ0) is 13.8. The highest BCUT2D eigenvalue weighted by atomic mass is 79.9. The van der Waals surface area contributed by atoms with Gasteiger partial charge in [-0.25, -0.2) is 4.98 Å². The number of anilines is 1. The summed E-state index contributed by atoms with van der Waals surface area (Å²) in [5, 5.41) is 3.41. The van der Waals surface area contributed by atoms with Crippen LogP contribution in [0.1, 0.15) is 10.6 Å². The molecule has 0 bridgehead atoms. The minimum Gasteiger partial charge on any atom is -0.495 e. The summed E-state index contributed by atoms with van der Waals surface area (Å²) < 4.78 is 7.25. The number of halogens is 2. The van der Waals surface area contributed by atoms with Gasteiger partial charge in [-0.1, -0.05) is 0 Å². The van der Waals surface area contributed by atoms with Crippen LogP contribution in [0.4, 0.5) is 5.69 Å². The number of hydrogen-bond acceptors (Lipinski definition) is 4. The third-order valence-electron chi connectivity index (χ3n) is 2.75. The van der Waals surface area contributed by atoms with Crippen molar-refractivity contribution in [3.8, 4) is 5.75 Å². The van der Waals surface area contributed by atoms with E-state index < -0.39 is 0 Å². The van der Waals surface area contributed by atoms with Crippen LogP contribution >= 0.6 is 43.2 Å². The third kappa shape index (κ3) is 3.70. The smallest absolute Gasteiger partial charge is 0.135 e. The summed E-state index contributed by atoms with van der Waals surface area (Å²) in [6, 6.07) is 3.97. The molecule has 0 fully saturated rings. The fourth-order valence-electron chi connectivity index (χ4n) is 1.70. The molecule has 2 rings (SSSR count). The Bertz CT molecular complexity index is 572. The number of ether oxygens (including phenoxy) is 1. The second-order valence-corrected chi connectivity index (χ2v) is 6.65. The molecule has 0 unspecified atom stereocenters. The Balaban J connectivity index is 2.01. The number of hydrogen-bond donors (Lipinski definition) is 1. The standard InChI is InChI=1S/C13H14Br2N2OS/c1-8-13(19-7-17-8)3-4-16-11-6-12(18-2)10(15)5-9(11)14/h5-7,16H,3-4H2,1-2H3. The summed E-state index contributed by atoms with van der Waals surface area (Å²) in [6.45, 7) is 2.91. The van der Waals surface area contributed by atoms with Crippen molar-refractivity contribution in [2.45, 2.75) is 13.3 Å². The van der Waals surface area contributed by atoms with Crippen molar-refractivity contribution < 1.29 is 4.74 Å². The molecule has 1 heterocycles. The van der Waals surface area contributed by atoms with Crippen molar-refractivity contribution in [3.63, 3.8) is 0 Å². The van der Waals surface area contributed by atoms with Gasteiger partial charge in [0.15, 0.2) is 0 Å². The monoisotopic (exact) mass is 404 g/mol. The number of rotatable bonds is 5. The average Bonchev–Trinajstić information content (AvgIpc) is 2.78. The predicted molar refractivity (Wildman–Crippen MR) is 87.4 cm³/mol. The number of thiazole rings is 1. The summed E-state index contributed by atoms with van der Waals surface area (Å²) in [4.78, 5) is 5.58. The first kappa shape index (κ1) is 14.8. The number of nitrogens with zero attached hydrogens (tertiary/aromatic N) is 1. The van der Waals surface area contributed by atoms with Gasteiger partial charge in [0.1, 0.15) is 5.75 Å². The van der Waals surface area contributed by atoms with Crippen LogP contribution < -0.4 is 10.1 Å². The van der Waals surface area contributed by atoms with E-state index in [0.717, 1.165) is 39.0 Å². The number of benzene rings is 1. The van der Waals surface area contributed by atoms with Crippen molar-refractivity contribution in [3.05, 3.63) is 37.2 Å². The molecule has 0 saturated carbocycles. The van der Waals surface area contributed by atoms with Crippen LogP contribution in [-0.2, 0) is 6.42 Å². The molecule has 0 radical (unpaired) electrons. The van der Waals surface area contributed by atoms with E-state index in [1.807, 2.05) is 24.6 Å². The molecule has 1 aromatic carbocycles. The Morgan fingerprint density at radius 2 is 2.11 bits per heavy atom. The van der Waals surface area contributed by atoms with Crippen LogP contribution in [0.25, 0.3) is 0 Å². The van der Waals surface area contributed by atoms with E-state index in [0.29, 0.717) is 0 Å². The molecule has 102 valence electrons. The van der Waals surface area contributed by atoms with Gasteiger partial charge in [-0.05, 0) is 44.8 Å². The van der Waals surface area contributed by atoms with Gasteiger partial charge < -0.3 is 10.1 Å². The lowest BCUT2D eigenvalue weighted by Crippen LogP contribution is -2.05. The molecule has 0 spiro atoms. The fourth-order valence-corrected chi connectivity index (χ4v) is 3.78. The van der Waals surface area contributed by atoms with Gasteiger partial charge in [0.2, 0.25) is 0 Å². The quantitative estimate of drug-likeness (QED) is 0.786. The fraction of sp³-hybridized carbons (Fsp3) is 0.308. The van der Waals surface area contributed by atoms with Crippen molar-refractivity contribution in [2.75, 3.05) is 19.0 Å². The molecule has 2 aromatic rings. The zero-order valence-electron chi connectivity index (χ0n) is 10.7. The first-order valence-corrected chi connectivity index (χ1v) is 8.24. The van der Waals surface area contributed by atoms with Crippen LogP contribution in [0.15, 0.2) is 26.6 Å². The predicted octanol–water partition coefficient (Wildman–Crippen LogP) is 4.64. The lowest BCUT2D eigenvalue weighted by molar-refractivity contribution is 0.412. The first-order valence-electron chi connectivity index (χ1n) is 5.77. The highest BCUT2D eigenvalue weighted by Gasteiger charge is 2.07. The van der Waals surface area contributed by atoms with Crippen LogP contribution in [0.5, 0.6) is 5.75 Å². The largest absolute Gasteiger partial charge is 0.495 e. The van der Waals surface area contributed by atoms with Gasteiger partial charge in [0, 0.05) is 28.4 Å². The molecule has 3 nitrogen and oxygen atoms in total. The van der Waals surface area contributed by atoms with Gasteiger partial charge in [0.05, 0.1) is 28.5 Å². The van der Waals surface area contributed by atoms with Crippen LogP contribution in [0, 0.1) is 6.92 Å². The summed E-state index contributed by atoms with van der Waals surface area (Å²) >= 11 is 8.71. The topological polar surface area (TPSA) is 34.1 Å². The number of methoxy groups -OCH3 is 1. The number of nitrogens with one attached hydrogen (secondary N) is 1. The van der Waals surface area contributed by atoms with Gasteiger partial charge >= 0.3 is 0 Å². The van der Waals surface area contributed by atoms with E-state index in [1.54, 1.807) is 18.4 Å². The van der Waals surface area contributed by atoms with E-state index >= 15 is 0 Å². The van der Waals surface area contributed by atoms with Crippen LogP contribution in [-0.4, -0.2) is 18.6 Å². The zero-order valence-corrected chi connectivity index (χ0v) is 14.7. The lowest BCUT2D eigenvalue weighted by Gasteiger charge is -2.11. The second kappa shape index (κ2) is 6.72. The molecule has 0 aliphatic rings. The highest BCUT2D eigenvalue weighted by molar-refractivity contribution is 9.11. The Kier molecular flexibility index (Phi) is 5.24. The van der Waals surface area contributed by atoms with Gasteiger partial charge in [-0.2, -0.15) is 0 Å². The lowest BCUT2D eigenvalue weighted by atomic mass is 10.2. The maximum Gasteiger partial charge on any atom is 0.135 e. The summed E-state index contributed by atoms with van der Waals surface area (Å²) in [5.41, 5.74) is 4.05. The Labute approximate surface area is 133 Å². The highest BCUT2D eigenvalue weighted by Crippen LogP contribution is 2.34. The average molecular weight is 406 g/mol. The van der Waals surface area contributed by atoms with Crippen molar-refractivity contribution in [2.24, 2.45) is 0 Å². The molecular weight excluding hydrogens is 392 g/mol. The van der Waals surface area contributed by atoms with Crippen LogP contribution in [0.3, 0.4) is 0 Å². The molecule has 19 heavy (non-hydrogen) atoms. The molecule has 0 atom stereocenters. The minimum atomic E-state index is 0.819. The molecule has 1 N–H and O–H groups in total. The van der Waals surface area contributed by atoms with Gasteiger partial charge in [-0.3, -0.25) is 0 Å². The molecular formula is C13H14Br2N2OS. The second-order valence-electron chi connectivity index (χ2n) is 4.00. The Morgan fingerprint density at radius 3 is 2.74 bits per heavy atom. The third-order valence-corrected chi connectivity index (χ3v) is 5.02. The normalized spacial score (nSPS) is 10.5. The molecule has 0 aliphatic carbocycles. The van der Waals surface area contributed by atoms with Gasteiger partial charge in [0.25, 0.3) is 0 Å². The van der Waals surface area contributed by atoms with Crippen molar-refractivity contribution >= 4 is 48.9 Å². The maximum absolute atomic E-state index is 5.30. The number of aromatic nitrogens is 1. The SMILES string of the molecule is COc1cc(NCCc2scnc2C)c(Br)cc1Br. The Morgan fingerprint density at radius 1 is 1.32 bits per heavy atom. The van der Waals surface area contributed by atoms with E-state index in [9.17, 15) is 0 Å². The summed E-state index contributed by atoms with van der Waals surface area (Å²) in [5.74, 6) is 0.819. The first-order chi connectivity index (χ1) is 9.11. The maximum atomic E-state index is 5.30. The van der Waals surface area contributed by atoms with Crippen molar-refractivity contribution in [1.29, 1.82) is 0 Å². The molecule has 6 heteroatoms. The summed E-state index contributed by atoms with van der Waals surface area (Å²) in [7, 11) is 1.67. The summed E-state index contributed by atoms with van der Waals surface area (Å²) in [6.07, 6.45) is 0.974. The number of aryl methyl sites for hydroxylation is 1. The molecule has 0 saturated heterocycles. The van der Waals surface area contributed by atoms with E-state index in [-0.39, 0.29) is 0 Å². The van der Waals surface area contributed by atoms with Crippen LogP contribution in [0.2, 0.25) is 0 Å².